The zero-order chi connectivity index (χ0) is 18.4. The summed E-state index contributed by atoms with van der Waals surface area (Å²) in [5.74, 6) is 3.45. The second-order valence-electron chi connectivity index (χ2n) is 6.02. The van der Waals surface area contributed by atoms with Gasteiger partial charge in [-0.25, -0.2) is 0 Å². The van der Waals surface area contributed by atoms with Gasteiger partial charge in [0.05, 0.1) is 20.8 Å². The first kappa shape index (κ1) is 21.1. The second-order valence-corrected chi connectivity index (χ2v) is 6.02. The molecule has 1 heterocycles. The fourth-order valence-electron chi connectivity index (χ4n) is 3.08. The van der Waals surface area contributed by atoms with Crippen LogP contribution in [0.3, 0.4) is 0 Å². The minimum Gasteiger partial charge on any atom is -0.493 e. The maximum absolute atomic E-state index is 5.73. The molecular weight excluding hydrogens is 457 g/mol. The number of ether oxygens (including phenoxy) is 3. The van der Waals surface area contributed by atoms with Crippen molar-refractivity contribution < 1.29 is 14.2 Å². The van der Waals surface area contributed by atoms with E-state index in [2.05, 4.69) is 27.8 Å². The first-order chi connectivity index (χ1) is 12.7. The number of anilines is 1. The summed E-state index contributed by atoms with van der Waals surface area (Å²) < 4.78 is 16.3. The monoisotopic (exact) mass is 483 g/mol. The minimum absolute atomic E-state index is 0. The van der Waals surface area contributed by atoms with E-state index in [0.717, 1.165) is 31.0 Å². The molecule has 146 valence electrons. The maximum Gasteiger partial charge on any atom is 0.195 e. The number of hydrogen-bond donors (Lipinski definition) is 2. The van der Waals surface area contributed by atoms with E-state index in [1.807, 2.05) is 30.3 Å². The second kappa shape index (κ2) is 10.2. The van der Waals surface area contributed by atoms with Crippen LogP contribution in [0.2, 0.25) is 0 Å². The molecule has 0 amide bonds. The van der Waals surface area contributed by atoms with E-state index in [1.54, 1.807) is 21.3 Å². The van der Waals surface area contributed by atoms with Gasteiger partial charge in [0.2, 0.25) is 0 Å². The fourth-order valence-corrected chi connectivity index (χ4v) is 3.08. The van der Waals surface area contributed by atoms with Crippen molar-refractivity contribution in [2.75, 3.05) is 39.7 Å². The van der Waals surface area contributed by atoms with Crippen LogP contribution in [0.5, 0.6) is 17.2 Å². The van der Waals surface area contributed by atoms with Crippen molar-refractivity contribution in [3.05, 3.63) is 48.0 Å². The topological polar surface area (TPSA) is 64.1 Å². The number of hydrogen-bond acceptors (Lipinski definition) is 4. The number of benzene rings is 2. The van der Waals surface area contributed by atoms with Gasteiger partial charge >= 0.3 is 0 Å². The van der Waals surface area contributed by atoms with Gasteiger partial charge in [-0.1, -0.05) is 18.2 Å². The predicted octanol–water partition coefficient (Wildman–Crippen LogP) is 3.88. The number of aliphatic imine (C=N–C) groups is 1. The molecule has 2 aromatic rings. The largest absolute Gasteiger partial charge is 0.493 e. The van der Waals surface area contributed by atoms with Crippen LogP contribution in [-0.4, -0.2) is 40.4 Å². The van der Waals surface area contributed by atoms with Gasteiger partial charge in [-0.3, -0.25) is 4.99 Å². The van der Waals surface area contributed by atoms with Crippen LogP contribution in [0.1, 0.15) is 17.9 Å². The number of guanidine groups is 1. The van der Waals surface area contributed by atoms with Crippen LogP contribution in [0.15, 0.2) is 47.5 Å². The van der Waals surface area contributed by atoms with Crippen molar-refractivity contribution in [2.45, 2.75) is 12.3 Å². The Morgan fingerprint density at radius 2 is 1.93 bits per heavy atom. The molecule has 0 saturated carbocycles. The van der Waals surface area contributed by atoms with E-state index in [9.17, 15) is 0 Å². The Bertz CT molecular complexity index is 783. The van der Waals surface area contributed by atoms with Crippen molar-refractivity contribution in [3.63, 3.8) is 0 Å². The molecule has 0 spiro atoms. The average Bonchev–Trinajstić information content (AvgIpc) is 2.70. The van der Waals surface area contributed by atoms with E-state index in [4.69, 9.17) is 14.2 Å². The van der Waals surface area contributed by atoms with Crippen molar-refractivity contribution in [1.82, 2.24) is 5.32 Å². The number of nitrogens with one attached hydrogen (secondary N) is 2. The molecule has 27 heavy (non-hydrogen) atoms. The Hall–Kier alpha value is -2.16. The van der Waals surface area contributed by atoms with E-state index in [1.165, 1.54) is 5.56 Å². The highest BCUT2D eigenvalue weighted by Crippen LogP contribution is 2.33. The first-order valence-corrected chi connectivity index (χ1v) is 8.66. The first-order valence-electron chi connectivity index (χ1n) is 8.66. The summed E-state index contributed by atoms with van der Waals surface area (Å²) in [6.07, 6.45) is 0.983. The number of rotatable bonds is 5. The van der Waals surface area contributed by atoms with Crippen LogP contribution >= 0.6 is 24.0 Å². The third-order valence-electron chi connectivity index (χ3n) is 4.47. The molecule has 1 unspecified atom stereocenters. The Kier molecular flexibility index (Phi) is 8.02. The van der Waals surface area contributed by atoms with Crippen LogP contribution in [0, 0.1) is 0 Å². The third-order valence-corrected chi connectivity index (χ3v) is 4.47. The standard InChI is InChI=1S/C20H25N3O3.HI/c1-21-20(23-15-8-9-18(24-2)19(12-15)25-3)22-13-14-10-11-26-17-7-5-4-6-16(14)17;/h4-9,12,14H,10-11,13H2,1-3H3,(H2,21,22,23);1H. The Morgan fingerprint density at radius 1 is 1.15 bits per heavy atom. The molecule has 0 aromatic heterocycles. The van der Waals surface area contributed by atoms with E-state index in [-0.39, 0.29) is 24.0 Å². The number of fused-ring (bicyclic) bond motifs is 1. The number of para-hydroxylation sites is 1. The molecular formula is C20H26IN3O3. The highest BCUT2D eigenvalue weighted by atomic mass is 127. The molecule has 0 bridgehead atoms. The smallest absolute Gasteiger partial charge is 0.195 e. The van der Waals surface area contributed by atoms with E-state index >= 15 is 0 Å². The maximum atomic E-state index is 5.73. The van der Waals surface area contributed by atoms with Gasteiger partial charge in [0.1, 0.15) is 5.75 Å². The summed E-state index contributed by atoms with van der Waals surface area (Å²) in [6, 6.07) is 13.9. The van der Waals surface area contributed by atoms with Gasteiger partial charge in [-0.15, -0.1) is 24.0 Å². The minimum atomic E-state index is 0. The van der Waals surface area contributed by atoms with Crippen molar-refractivity contribution in [3.8, 4) is 17.2 Å². The molecule has 0 radical (unpaired) electrons. The summed E-state index contributed by atoms with van der Waals surface area (Å²) in [5, 5.41) is 6.70. The molecule has 7 heteroatoms. The number of nitrogens with zero attached hydrogens (tertiary/aromatic N) is 1. The van der Waals surface area contributed by atoms with Crippen molar-refractivity contribution in [2.24, 2.45) is 4.99 Å². The van der Waals surface area contributed by atoms with E-state index in [0.29, 0.717) is 23.4 Å². The highest BCUT2D eigenvalue weighted by molar-refractivity contribution is 14.0. The highest BCUT2D eigenvalue weighted by Gasteiger charge is 2.21. The third kappa shape index (κ3) is 5.18. The zero-order valence-corrected chi connectivity index (χ0v) is 18.2. The molecule has 2 N–H and O–H groups in total. The molecule has 0 fully saturated rings. The lowest BCUT2D eigenvalue weighted by Crippen LogP contribution is -2.35. The summed E-state index contributed by atoms with van der Waals surface area (Å²) in [6.45, 7) is 1.53. The van der Waals surface area contributed by atoms with Crippen molar-refractivity contribution >= 4 is 35.6 Å². The lowest BCUT2D eigenvalue weighted by atomic mass is 9.93. The number of methoxy groups -OCH3 is 2. The van der Waals surface area contributed by atoms with Gasteiger partial charge < -0.3 is 24.8 Å². The molecule has 1 aliphatic rings. The molecule has 0 aliphatic carbocycles. The van der Waals surface area contributed by atoms with Gasteiger partial charge in [-0.05, 0) is 30.2 Å². The zero-order valence-electron chi connectivity index (χ0n) is 15.8. The van der Waals surface area contributed by atoms with Crippen LogP contribution in [0.4, 0.5) is 5.69 Å². The molecule has 0 saturated heterocycles. The summed E-state index contributed by atoms with van der Waals surface area (Å²) in [4.78, 5) is 4.31. The Balaban J connectivity index is 0.00000261. The number of halogens is 1. The van der Waals surface area contributed by atoms with Gasteiger partial charge in [0.25, 0.3) is 0 Å². The molecule has 1 atom stereocenters. The quantitative estimate of drug-likeness (QED) is 0.384. The lowest BCUT2D eigenvalue weighted by molar-refractivity contribution is 0.267. The van der Waals surface area contributed by atoms with Crippen LogP contribution in [-0.2, 0) is 0 Å². The SMILES string of the molecule is CN=C(NCC1CCOc2ccccc21)Nc1ccc(OC)c(OC)c1.I. The molecule has 3 rings (SSSR count). The molecule has 2 aromatic carbocycles. The van der Waals surface area contributed by atoms with Gasteiger partial charge in [0, 0.05) is 31.3 Å². The summed E-state index contributed by atoms with van der Waals surface area (Å²) >= 11 is 0. The van der Waals surface area contributed by atoms with Gasteiger partial charge in [-0.2, -0.15) is 0 Å². The summed E-state index contributed by atoms with van der Waals surface area (Å²) in [7, 11) is 5.00. The summed E-state index contributed by atoms with van der Waals surface area (Å²) in [5.41, 5.74) is 2.12. The Labute approximate surface area is 177 Å². The lowest BCUT2D eigenvalue weighted by Gasteiger charge is -2.26. The van der Waals surface area contributed by atoms with Crippen molar-refractivity contribution in [1.29, 1.82) is 0 Å². The normalized spacial score (nSPS) is 15.7. The molecule has 6 nitrogen and oxygen atoms in total. The predicted molar refractivity (Wildman–Crippen MR) is 119 cm³/mol. The van der Waals surface area contributed by atoms with Crippen LogP contribution in [0.25, 0.3) is 0 Å². The average molecular weight is 483 g/mol. The fraction of sp³-hybridized carbons (Fsp3) is 0.350. The van der Waals surface area contributed by atoms with Crippen LogP contribution < -0.4 is 24.8 Å². The molecule has 1 aliphatic heterocycles. The van der Waals surface area contributed by atoms with E-state index < -0.39 is 0 Å². The Morgan fingerprint density at radius 3 is 2.67 bits per heavy atom. The van der Waals surface area contributed by atoms with Gasteiger partial charge in [0.15, 0.2) is 17.5 Å².